The quantitative estimate of drug-likeness (QED) is 0.258. The van der Waals surface area contributed by atoms with Gasteiger partial charge in [-0.2, -0.15) is 9.78 Å². The molecule has 0 unspecified atom stereocenters. The van der Waals surface area contributed by atoms with Crippen LogP contribution in [0.4, 0.5) is 5.82 Å². The molecule has 0 spiro atoms. The molecular weight excluding hydrogens is 408 g/mol. The lowest BCUT2D eigenvalue weighted by molar-refractivity contribution is 0.0949. The average molecular weight is 424 g/mol. The second kappa shape index (κ2) is 8.61. The van der Waals surface area contributed by atoms with E-state index in [2.05, 4.69) is 35.8 Å². The molecule has 3 N–H and O–H groups in total. The molecule has 1 amide bonds. The Bertz CT molecular complexity index is 1180. The van der Waals surface area contributed by atoms with Gasteiger partial charge in [0.15, 0.2) is 5.69 Å². The van der Waals surface area contributed by atoms with E-state index >= 15 is 0 Å². The summed E-state index contributed by atoms with van der Waals surface area (Å²) in [6.45, 7) is 1.81. The number of hydrazone groups is 1. The molecule has 11 nitrogen and oxygen atoms in total. The highest BCUT2D eigenvalue weighted by molar-refractivity contribution is 7.98. The van der Waals surface area contributed by atoms with E-state index in [1.807, 2.05) is 37.3 Å². The molecule has 30 heavy (non-hydrogen) atoms. The van der Waals surface area contributed by atoms with Crippen LogP contribution in [0, 0.1) is 6.92 Å². The molecule has 3 aromatic heterocycles. The van der Waals surface area contributed by atoms with Crippen LogP contribution in [0.15, 0.2) is 61.5 Å². The predicted octanol–water partition coefficient (Wildman–Crippen LogP) is 2.19. The van der Waals surface area contributed by atoms with Gasteiger partial charge in [-0.25, -0.2) is 10.1 Å². The average Bonchev–Trinajstić information content (AvgIpc) is 3.47. The Kier molecular flexibility index (Phi) is 5.57. The standard InChI is InChI=1S/C18H16N8O3S/c1-11-7-8-12(28-11)9-20-22-18(27)15-14(10-30-13-5-3-2-4-6-13)26(25-21-15)17-16(19)23-29-24-17/h2-9H,10H2,1H3,(H2,19,23)(H,22,27). The van der Waals surface area contributed by atoms with Crippen molar-refractivity contribution in [1.29, 1.82) is 0 Å². The number of thioether (sulfide) groups is 1. The number of furan rings is 1. The number of anilines is 1. The zero-order chi connectivity index (χ0) is 20.9. The van der Waals surface area contributed by atoms with Gasteiger partial charge in [0, 0.05) is 10.6 Å². The zero-order valence-corrected chi connectivity index (χ0v) is 16.5. The van der Waals surface area contributed by atoms with Gasteiger partial charge < -0.3 is 10.2 Å². The number of hydrogen-bond acceptors (Lipinski definition) is 10. The van der Waals surface area contributed by atoms with Crippen LogP contribution < -0.4 is 11.2 Å². The Morgan fingerprint density at radius 3 is 2.80 bits per heavy atom. The van der Waals surface area contributed by atoms with E-state index < -0.39 is 5.91 Å². The Morgan fingerprint density at radius 2 is 2.10 bits per heavy atom. The summed E-state index contributed by atoms with van der Waals surface area (Å²) in [5.41, 5.74) is 8.75. The maximum absolute atomic E-state index is 12.7. The molecule has 152 valence electrons. The molecule has 0 aliphatic heterocycles. The number of amides is 1. The molecule has 12 heteroatoms. The topological polar surface area (TPSA) is 150 Å². The number of nitrogens with one attached hydrogen (secondary N) is 1. The normalized spacial score (nSPS) is 11.2. The van der Waals surface area contributed by atoms with Crippen LogP contribution in [0.1, 0.15) is 27.7 Å². The van der Waals surface area contributed by atoms with E-state index in [0.717, 1.165) is 10.7 Å². The van der Waals surface area contributed by atoms with Crippen molar-refractivity contribution in [2.24, 2.45) is 5.10 Å². The minimum Gasteiger partial charge on any atom is -0.460 e. The fraction of sp³-hybridized carbons (Fsp3) is 0.111. The lowest BCUT2D eigenvalue weighted by atomic mass is 10.3. The summed E-state index contributed by atoms with van der Waals surface area (Å²) in [5.74, 6) is 1.26. The van der Waals surface area contributed by atoms with Gasteiger partial charge in [-0.15, -0.1) is 16.9 Å². The molecule has 0 atom stereocenters. The van der Waals surface area contributed by atoms with Gasteiger partial charge >= 0.3 is 0 Å². The van der Waals surface area contributed by atoms with Crippen molar-refractivity contribution in [2.75, 3.05) is 5.73 Å². The van der Waals surface area contributed by atoms with Gasteiger partial charge in [0.05, 0.1) is 11.9 Å². The molecule has 1 aromatic carbocycles. The zero-order valence-electron chi connectivity index (χ0n) is 15.7. The Balaban J connectivity index is 1.58. The summed E-state index contributed by atoms with van der Waals surface area (Å²) < 4.78 is 11.4. The number of aromatic nitrogens is 5. The number of benzene rings is 1. The number of carbonyl (C=O) groups excluding carboxylic acids is 1. The summed E-state index contributed by atoms with van der Waals surface area (Å²) in [7, 11) is 0. The molecule has 0 saturated heterocycles. The molecule has 0 aliphatic carbocycles. The number of carbonyl (C=O) groups is 1. The number of rotatable bonds is 7. The first-order valence-corrected chi connectivity index (χ1v) is 9.71. The molecule has 4 aromatic rings. The molecule has 0 fully saturated rings. The van der Waals surface area contributed by atoms with E-state index in [-0.39, 0.29) is 17.3 Å². The van der Waals surface area contributed by atoms with E-state index in [4.69, 9.17) is 10.2 Å². The van der Waals surface area contributed by atoms with Crippen LogP contribution in [-0.2, 0) is 5.75 Å². The largest absolute Gasteiger partial charge is 0.460 e. The van der Waals surface area contributed by atoms with Crippen LogP contribution >= 0.6 is 11.8 Å². The van der Waals surface area contributed by atoms with Crippen molar-refractivity contribution in [3.63, 3.8) is 0 Å². The number of nitrogen functional groups attached to an aromatic ring is 1. The lowest BCUT2D eigenvalue weighted by Crippen LogP contribution is -2.20. The van der Waals surface area contributed by atoms with Crippen molar-refractivity contribution in [2.45, 2.75) is 17.6 Å². The van der Waals surface area contributed by atoms with Crippen molar-refractivity contribution in [1.82, 2.24) is 30.7 Å². The Hall–Kier alpha value is -3.93. The molecule has 0 radical (unpaired) electrons. The third-order valence-corrected chi connectivity index (χ3v) is 4.94. The van der Waals surface area contributed by atoms with Gasteiger partial charge in [-0.05, 0) is 41.5 Å². The summed E-state index contributed by atoms with van der Waals surface area (Å²) in [6.07, 6.45) is 1.40. The maximum Gasteiger partial charge on any atom is 0.293 e. The molecule has 4 rings (SSSR count). The van der Waals surface area contributed by atoms with E-state index in [1.165, 1.54) is 22.7 Å². The van der Waals surface area contributed by atoms with Crippen LogP contribution in [0.5, 0.6) is 0 Å². The monoisotopic (exact) mass is 424 g/mol. The Morgan fingerprint density at radius 1 is 1.27 bits per heavy atom. The fourth-order valence-electron chi connectivity index (χ4n) is 2.51. The molecule has 0 aliphatic rings. The third-order valence-electron chi connectivity index (χ3n) is 3.91. The van der Waals surface area contributed by atoms with Crippen molar-refractivity contribution < 1.29 is 13.8 Å². The second-order valence-electron chi connectivity index (χ2n) is 6.02. The van der Waals surface area contributed by atoms with Crippen molar-refractivity contribution in [3.8, 4) is 5.82 Å². The van der Waals surface area contributed by atoms with Crippen LogP contribution in [0.2, 0.25) is 0 Å². The number of nitrogens with zero attached hydrogens (tertiary/aromatic N) is 6. The van der Waals surface area contributed by atoms with Crippen molar-refractivity contribution in [3.05, 3.63) is 65.4 Å². The lowest BCUT2D eigenvalue weighted by Gasteiger charge is -2.05. The smallest absolute Gasteiger partial charge is 0.293 e. The molecule has 0 bridgehead atoms. The van der Waals surface area contributed by atoms with E-state index in [9.17, 15) is 4.79 Å². The first-order valence-electron chi connectivity index (χ1n) is 8.72. The molecule has 3 heterocycles. The number of aryl methyl sites for hydroxylation is 1. The SMILES string of the molecule is Cc1ccc(C=NNC(=O)c2nnn(-c3nonc3N)c2CSc2ccccc2)o1. The maximum atomic E-state index is 12.7. The second-order valence-corrected chi connectivity index (χ2v) is 7.07. The summed E-state index contributed by atoms with van der Waals surface area (Å²) >= 11 is 1.50. The third kappa shape index (κ3) is 4.22. The number of nitrogens with two attached hydrogens (primary N) is 1. The van der Waals surface area contributed by atoms with Gasteiger partial charge in [0.2, 0.25) is 11.6 Å². The minimum absolute atomic E-state index is 0.0315. The fourth-order valence-corrected chi connectivity index (χ4v) is 3.43. The van der Waals surface area contributed by atoms with Crippen LogP contribution in [0.3, 0.4) is 0 Å². The van der Waals surface area contributed by atoms with Gasteiger partial charge in [0.1, 0.15) is 11.5 Å². The summed E-state index contributed by atoms with van der Waals surface area (Å²) in [4.78, 5) is 13.7. The van der Waals surface area contributed by atoms with Crippen LogP contribution in [0.25, 0.3) is 5.82 Å². The highest BCUT2D eigenvalue weighted by atomic mass is 32.2. The summed E-state index contributed by atoms with van der Waals surface area (Å²) in [5, 5.41) is 19.2. The highest BCUT2D eigenvalue weighted by Gasteiger charge is 2.24. The summed E-state index contributed by atoms with van der Waals surface area (Å²) in [6, 6.07) is 13.2. The minimum atomic E-state index is -0.542. The Labute approximate surface area is 174 Å². The van der Waals surface area contributed by atoms with E-state index in [1.54, 1.807) is 12.1 Å². The number of hydrogen-bond donors (Lipinski definition) is 2. The van der Waals surface area contributed by atoms with Gasteiger partial charge in [0.25, 0.3) is 5.91 Å². The first-order chi connectivity index (χ1) is 14.6. The van der Waals surface area contributed by atoms with Crippen LogP contribution in [-0.4, -0.2) is 37.4 Å². The molecular formula is C18H16N8O3S. The molecule has 0 saturated carbocycles. The highest BCUT2D eigenvalue weighted by Crippen LogP contribution is 2.25. The van der Waals surface area contributed by atoms with Gasteiger partial charge in [-0.3, -0.25) is 4.79 Å². The first kappa shape index (κ1) is 19.4. The predicted molar refractivity (Wildman–Crippen MR) is 108 cm³/mol. The van der Waals surface area contributed by atoms with Gasteiger partial charge in [-0.1, -0.05) is 23.4 Å². The van der Waals surface area contributed by atoms with Crippen molar-refractivity contribution >= 4 is 29.7 Å². The van der Waals surface area contributed by atoms with E-state index in [0.29, 0.717) is 17.2 Å².